The molecule has 0 saturated carbocycles. The lowest BCUT2D eigenvalue weighted by molar-refractivity contribution is -0.137. The van der Waals surface area contributed by atoms with Crippen molar-refractivity contribution in [2.24, 2.45) is 0 Å². The summed E-state index contributed by atoms with van der Waals surface area (Å²) in [4.78, 5) is 12.6. The molecular formula is C15H20ClFN2O4S. The molecule has 1 saturated heterocycles. The number of aliphatic carboxylic acids is 1. The Hall–Kier alpha value is -1.22. The van der Waals surface area contributed by atoms with Gasteiger partial charge in [0.25, 0.3) is 0 Å². The smallest absolute Gasteiger partial charge is 0.303 e. The summed E-state index contributed by atoms with van der Waals surface area (Å²) >= 11 is 5.67. The van der Waals surface area contributed by atoms with Gasteiger partial charge in [0.05, 0.1) is 9.92 Å². The summed E-state index contributed by atoms with van der Waals surface area (Å²) in [5.74, 6) is -1.45. The molecule has 1 aliphatic rings. The van der Waals surface area contributed by atoms with Crippen LogP contribution >= 0.6 is 11.6 Å². The lowest BCUT2D eigenvalue weighted by Gasteiger charge is -2.34. The van der Waals surface area contributed by atoms with Crippen molar-refractivity contribution in [3.8, 4) is 0 Å². The third kappa shape index (κ3) is 4.89. The van der Waals surface area contributed by atoms with Crippen LogP contribution in [0.3, 0.4) is 0 Å². The van der Waals surface area contributed by atoms with E-state index in [9.17, 15) is 17.6 Å². The number of carboxylic acids is 1. The third-order valence-electron chi connectivity index (χ3n) is 3.98. The lowest BCUT2D eigenvalue weighted by Crippen LogP contribution is -2.48. The average molecular weight is 379 g/mol. The Kier molecular flexibility index (Phi) is 6.56. The highest BCUT2D eigenvalue weighted by atomic mass is 35.5. The highest BCUT2D eigenvalue weighted by Crippen LogP contribution is 2.23. The van der Waals surface area contributed by atoms with Crippen LogP contribution in [0, 0.1) is 5.82 Å². The maximum atomic E-state index is 13.2. The molecule has 1 heterocycles. The van der Waals surface area contributed by atoms with Gasteiger partial charge in [-0.15, -0.1) is 0 Å². The zero-order valence-corrected chi connectivity index (χ0v) is 14.7. The number of halogens is 2. The molecule has 0 radical (unpaired) electrons. The van der Waals surface area contributed by atoms with Crippen molar-refractivity contribution in [3.05, 3.63) is 29.0 Å². The van der Waals surface area contributed by atoms with Gasteiger partial charge in [-0.25, -0.2) is 12.8 Å². The number of benzene rings is 1. The van der Waals surface area contributed by atoms with Gasteiger partial charge in [-0.05, 0) is 37.6 Å². The zero-order valence-electron chi connectivity index (χ0n) is 13.1. The monoisotopic (exact) mass is 378 g/mol. The van der Waals surface area contributed by atoms with E-state index in [2.05, 4.69) is 4.90 Å². The summed E-state index contributed by atoms with van der Waals surface area (Å²) in [7, 11) is -3.68. The number of nitrogens with zero attached hydrogens (tertiary/aromatic N) is 2. The van der Waals surface area contributed by atoms with Crippen LogP contribution in [0.5, 0.6) is 0 Å². The van der Waals surface area contributed by atoms with Crippen LogP contribution < -0.4 is 0 Å². The van der Waals surface area contributed by atoms with E-state index < -0.39 is 21.8 Å². The molecule has 1 aliphatic heterocycles. The Balaban J connectivity index is 1.88. The summed E-state index contributed by atoms with van der Waals surface area (Å²) in [5.41, 5.74) is 0. The first-order valence-corrected chi connectivity index (χ1v) is 9.52. The molecular weight excluding hydrogens is 359 g/mol. The number of carboxylic acid groups (broad SMARTS) is 1. The summed E-state index contributed by atoms with van der Waals surface area (Å²) < 4.78 is 39.7. The van der Waals surface area contributed by atoms with E-state index in [4.69, 9.17) is 16.7 Å². The van der Waals surface area contributed by atoms with E-state index in [-0.39, 0.29) is 16.3 Å². The molecule has 24 heavy (non-hydrogen) atoms. The van der Waals surface area contributed by atoms with Crippen LogP contribution in [-0.2, 0) is 14.8 Å². The lowest BCUT2D eigenvalue weighted by atomic mass is 10.2. The van der Waals surface area contributed by atoms with Gasteiger partial charge < -0.3 is 10.0 Å². The topological polar surface area (TPSA) is 77.9 Å². The second kappa shape index (κ2) is 8.24. The first kappa shape index (κ1) is 19.1. The van der Waals surface area contributed by atoms with Gasteiger partial charge in [0.2, 0.25) is 10.0 Å². The number of unbranched alkanes of at least 4 members (excludes halogenated alkanes) is 1. The van der Waals surface area contributed by atoms with E-state index in [1.165, 1.54) is 10.4 Å². The minimum absolute atomic E-state index is 0.0104. The van der Waals surface area contributed by atoms with Crippen molar-refractivity contribution >= 4 is 27.6 Å². The summed E-state index contributed by atoms with van der Waals surface area (Å²) in [6.07, 6.45) is 1.54. The molecule has 0 spiro atoms. The Morgan fingerprint density at radius 1 is 1.21 bits per heavy atom. The number of sulfonamides is 1. The zero-order chi connectivity index (χ0) is 17.7. The van der Waals surface area contributed by atoms with Gasteiger partial charge in [-0.3, -0.25) is 4.79 Å². The van der Waals surface area contributed by atoms with Crippen molar-refractivity contribution < 1.29 is 22.7 Å². The molecule has 0 amide bonds. The molecule has 0 aromatic heterocycles. The normalized spacial score (nSPS) is 17.1. The van der Waals surface area contributed by atoms with E-state index in [1.807, 2.05) is 0 Å². The average Bonchev–Trinajstić information content (AvgIpc) is 2.54. The van der Waals surface area contributed by atoms with E-state index in [1.54, 1.807) is 0 Å². The first-order chi connectivity index (χ1) is 11.3. The molecule has 6 nitrogen and oxygen atoms in total. The Bertz CT molecular complexity index is 691. The molecule has 1 aromatic carbocycles. The van der Waals surface area contributed by atoms with Crippen LogP contribution in [0.1, 0.15) is 19.3 Å². The number of rotatable bonds is 7. The largest absolute Gasteiger partial charge is 0.481 e. The Morgan fingerprint density at radius 2 is 1.88 bits per heavy atom. The van der Waals surface area contributed by atoms with Crippen molar-refractivity contribution in [1.82, 2.24) is 9.21 Å². The highest BCUT2D eigenvalue weighted by molar-refractivity contribution is 7.89. The van der Waals surface area contributed by atoms with Crippen molar-refractivity contribution in [3.63, 3.8) is 0 Å². The third-order valence-corrected chi connectivity index (χ3v) is 6.16. The molecule has 1 aromatic rings. The fourth-order valence-electron chi connectivity index (χ4n) is 2.59. The molecule has 134 valence electrons. The summed E-state index contributed by atoms with van der Waals surface area (Å²) in [5, 5.41) is 8.39. The molecule has 0 bridgehead atoms. The van der Waals surface area contributed by atoms with Gasteiger partial charge in [0.1, 0.15) is 5.82 Å². The fraction of sp³-hybridized carbons (Fsp3) is 0.533. The second-order valence-electron chi connectivity index (χ2n) is 5.67. The maximum Gasteiger partial charge on any atom is 0.303 e. The molecule has 0 unspecified atom stereocenters. The van der Waals surface area contributed by atoms with Crippen molar-refractivity contribution in [2.75, 3.05) is 32.7 Å². The number of piperazine rings is 1. The van der Waals surface area contributed by atoms with Crippen LogP contribution in [-0.4, -0.2) is 61.4 Å². The standard InChI is InChI=1S/C15H20ClFN2O4S/c16-13-11-12(4-5-14(13)17)24(22,23)19-9-7-18(8-10-19)6-2-1-3-15(20)21/h4-5,11H,1-3,6-10H2,(H,20,21). The Morgan fingerprint density at radius 3 is 2.46 bits per heavy atom. The highest BCUT2D eigenvalue weighted by Gasteiger charge is 2.28. The quantitative estimate of drug-likeness (QED) is 0.734. The molecule has 0 aliphatic carbocycles. The van der Waals surface area contributed by atoms with Gasteiger partial charge in [-0.2, -0.15) is 4.31 Å². The Labute approximate surface area is 145 Å². The van der Waals surface area contributed by atoms with E-state index in [0.717, 1.165) is 25.1 Å². The van der Waals surface area contributed by atoms with Crippen LogP contribution in [0.4, 0.5) is 4.39 Å². The number of hydrogen-bond donors (Lipinski definition) is 1. The first-order valence-electron chi connectivity index (χ1n) is 7.70. The molecule has 1 fully saturated rings. The predicted octanol–water partition coefficient (Wildman–Crippen LogP) is 2.04. The molecule has 1 N–H and O–H groups in total. The van der Waals surface area contributed by atoms with Gasteiger partial charge in [-0.1, -0.05) is 11.6 Å². The summed E-state index contributed by atoms with van der Waals surface area (Å²) in [6, 6.07) is 3.40. The molecule has 9 heteroatoms. The SMILES string of the molecule is O=C(O)CCCCN1CCN(S(=O)(=O)c2ccc(F)c(Cl)c2)CC1. The number of carbonyl (C=O) groups is 1. The van der Waals surface area contributed by atoms with Gasteiger partial charge in [0, 0.05) is 32.6 Å². The van der Waals surface area contributed by atoms with Crippen LogP contribution in [0.2, 0.25) is 5.02 Å². The van der Waals surface area contributed by atoms with E-state index in [0.29, 0.717) is 32.6 Å². The van der Waals surface area contributed by atoms with Crippen molar-refractivity contribution in [2.45, 2.75) is 24.2 Å². The van der Waals surface area contributed by atoms with Gasteiger partial charge in [0.15, 0.2) is 0 Å². The minimum Gasteiger partial charge on any atom is -0.481 e. The summed E-state index contributed by atoms with van der Waals surface area (Å²) in [6.45, 7) is 2.61. The molecule has 0 atom stereocenters. The fourth-order valence-corrected chi connectivity index (χ4v) is 4.29. The van der Waals surface area contributed by atoms with Gasteiger partial charge >= 0.3 is 5.97 Å². The minimum atomic E-state index is -3.68. The molecule has 2 rings (SSSR count). The van der Waals surface area contributed by atoms with Crippen LogP contribution in [0.15, 0.2) is 23.1 Å². The van der Waals surface area contributed by atoms with Crippen molar-refractivity contribution in [1.29, 1.82) is 0 Å². The maximum absolute atomic E-state index is 13.2. The number of hydrogen-bond acceptors (Lipinski definition) is 4. The van der Waals surface area contributed by atoms with E-state index >= 15 is 0 Å². The van der Waals surface area contributed by atoms with Crippen LogP contribution in [0.25, 0.3) is 0 Å². The predicted molar refractivity (Wildman–Crippen MR) is 88.1 cm³/mol. The second-order valence-corrected chi connectivity index (χ2v) is 8.02.